The molecule has 0 atom stereocenters. The number of nitro groups is 1. The van der Waals surface area contributed by atoms with Crippen molar-refractivity contribution < 1.29 is 18.5 Å². The Bertz CT molecular complexity index is 1110. The van der Waals surface area contributed by atoms with E-state index < -0.39 is 33.7 Å². The Morgan fingerprint density at radius 3 is 2.50 bits per heavy atom. The molecule has 1 N–H and O–H groups in total. The van der Waals surface area contributed by atoms with Gasteiger partial charge in [0.25, 0.3) is 11.5 Å². The minimum absolute atomic E-state index is 0.00353. The molecule has 0 bridgehead atoms. The van der Waals surface area contributed by atoms with Gasteiger partial charge in [-0.2, -0.15) is 9.49 Å². The zero-order valence-corrected chi connectivity index (χ0v) is 14.1. The maximum Gasteiger partial charge on any atom is 0.306 e. The summed E-state index contributed by atoms with van der Waals surface area (Å²) >= 11 is 0. The SMILES string of the molecule is O=C(Nc1ccc(F)c([N+](=O)[O-])c1)c1ccc(=O)n(Cc2ccc(F)cc2)n1. The second kappa shape index (κ2) is 7.74. The maximum absolute atomic E-state index is 13.4. The van der Waals surface area contributed by atoms with Crippen LogP contribution < -0.4 is 10.9 Å². The summed E-state index contributed by atoms with van der Waals surface area (Å²) in [4.78, 5) is 34.2. The number of anilines is 1. The summed E-state index contributed by atoms with van der Waals surface area (Å²) in [6, 6.07) is 10.7. The van der Waals surface area contributed by atoms with Gasteiger partial charge >= 0.3 is 5.69 Å². The minimum Gasteiger partial charge on any atom is -0.320 e. The lowest BCUT2D eigenvalue weighted by molar-refractivity contribution is -0.387. The van der Waals surface area contributed by atoms with Gasteiger partial charge in [0.15, 0.2) is 0 Å². The summed E-state index contributed by atoms with van der Waals surface area (Å²) in [5, 5.41) is 17.1. The number of aromatic nitrogens is 2. The van der Waals surface area contributed by atoms with E-state index in [0.717, 1.165) is 28.9 Å². The van der Waals surface area contributed by atoms with Gasteiger partial charge in [-0.25, -0.2) is 9.07 Å². The second-order valence-electron chi connectivity index (χ2n) is 5.72. The van der Waals surface area contributed by atoms with Gasteiger partial charge in [-0.15, -0.1) is 0 Å². The molecule has 0 aliphatic rings. The number of rotatable bonds is 5. The molecule has 28 heavy (non-hydrogen) atoms. The summed E-state index contributed by atoms with van der Waals surface area (Å²) < 4.78 is 27.4. The standard InChI is InChI=1S/C18H12F2N4O4/c19-12-3-1-11(2-4-12)10-23-17(25)8-7-15(22-23)18(26)21-13-5-6-14(20)16(9-13)24(27)28/h1-9H,10H2,(H,21,26). The van der Waals surface area contributed by atoms with Crippen molar-refractivity contribution in [2.75, 3.05) is 5.32 Å². The number of nitro benzene ring substituents is 1. The number of nitrogens with zero attached hydrogens (tertiary/aromatic N) is 3. The Morgan fingerprint density at radius 1 is 1.11 bits per heavy atom. The number of hydrogen-bond acceptors (Lipinski definition) is 5. The molecule has 0 saturated heterocycles. The summed E-state index contributed by atoms with van der Waals surface area (Å²) in [7, 11) is 0. The fraction of sp³-hybridized carbons (Fsp3) is 0.0556. The first kappa shape index (κ1) is 18.8. The molecule has 0 aliphatic carbocycles. The molecule has 0 saturated carbocycles. The van der Waals surface area contributed by atoms with Crippen molar-refractivity contribution >= 4 is 17.3 Å². The molecule has 8 nitrogen and oxygen atoms in total. The summed E-state index contributed by atoms with van der Waals surface area (Å²) in [5.41, 5.74) is -0.794. The molecule has 0 unspecified atom stereocenters. The van der Waals surface area contributed by atoms with Crippen LogP contribution in [-0.4, -0.2) is 20.6 Å². The molecule has 3 aromatic rings. The number of nitrogens with one attached hydrogen (secondary N) is 1. The lowest BCUT2D eigenvalue weighted by Gasteiger charge is -2.08. The monoisotopic (exact) mass is 386 g/mol. The molecule has 0 radical (unpaired) electrons. The number of halogens is 2. The van der Waals surface area contributed by atoms with Crippen molar-refractivity contribution in [1.29, 1.82) is 0 Å². The highest BCUT2D eigenvalue weighted by atomic mass is 19.1. The quantitative estimate of drug-likeness (QED) is 0.536. The zero-order chi connectivity index (χ0) is 20.3. The number of carbonyl (C=O) groups excluding carboxylic acids is 1. The van der Waals surface area contributed by atoms with E-state index in [9.17, 15) is 28.5 Å². The van der Waals surface area contributed by atoms with E-state index in [2.05, 4.69) is 10.4 Å². The van der Waals surface area contributed by atoms with Crippen LogP contribution in [0.4, 0.5) is 20.2 Å². The first-order chi connectivity index (χ1) is 13.3. The van der Waals surface area contributed by atoms with Crippen molar-refractivity contribution in [3.63, 3.8) is 0 Å². The molecule has 142 valence electrons. The van der Waals surface area contributed by atoms with Gasteiger partial charge in [0, 0.05) is 17.8 Å². The highest BCUT2D eigenvalue weighted by Gasteiger charge is 2.17. The number of carbonyl (C=O) groups is 1. The molecule has 1 heterocycles. The number of benzene rings is 2. The second-order valence-corrected chi connectivity index (χ2v) is 5.72. The molecule has 0 spiro atoms. The van der Waals surface area contributed by atoms with Gasteiger partial charge in [-0.3, -0.25) is 19.7 Å². The van der Waals surface area contributed by atoms with E-state index in [1.54, 1.807) is 0 Å². The summed E-state index contributed by atoms with van der Waals surface area (Å²) in [5.74, 6) is -2.20. The van der Waals surface area contributed by atoms with Crippen molar-refractivity contribution in [3.8, 4) is 0 Å². The normalized spacial score (nSPS) is 10.5. The van der Waals surface area contributed by atoms with Crippen molar-refractivity contribution in [1.82, 2.24) is 9.78 Å². The Balaban J connectivity index is 1.83. The largest absolute Gasteiger partial charge is 0.320 e. The Kier molecular flexibility index (Phi) is 5.21. The van der Waals surface area contributed by atoms with Gasteiger partial charge in [0.05, 0.1) is 11.5 Å². The van der Waals surface area contributed by atoms with Gasteiger partial charge in [0.2, 0.25) is 5.82 Å². The van der Waals surface area contributed by atoms with Crippen LogP contribution in [0, 0.1) is 21.7 Å². The highest BCUT2D eigenvalue weighted by molar-refractivity contribution is 6.02. The summed E-state index contributed by atoms with van der Waals surface area (Å²) in [6.07, 6.45) is 0. The van der Waals surface area contributed by atoms with Crippen LogP contribution in [0.2, 0.25) is 0 Å². The smallest absolute Gasteiger partial charge is 0.306 e. The van der Waals surface area contributed by atoms with E-state index in [1.165, 1.54) is 30.3 Å². The predicted octanol–water partition coefficient (Wildman–Crippen LogP) is 2.73. The fourth-order valence-electron chi connectivity index (χ4n) is 2.37. The summed E-state index contributed by atoms with van der Waals surface area (Å²) in [6.45, 7) is 0.0161. The van der Waals surface area contributed by atoms with E-state index in [-0.39, 0.29) is 17.9 Å². The molecule has 10 heteroatoms. The average Bonchev–Trinajstić information content (AvgIpc) is 2.66. The van der Waals surface area contributed by atoms with Gasteiger partial charge < -0.3 is 5.32 Å². The Hall–Kier alpha value is -3.95. The topological polar surface area (TPSA) is 107 Å². The third-order valence-electron chi connectivity index (χ3n) is 3.75. The molecule has 1 aromatic heterocycles. The Morgan fingerprint density at radius 2 is 1.82 bits per heavy atom. The molecule has 3 rings (SSSR count). The van der Waals surface area contributed by atoms with Crippen molar-refractivity contribution in [3.05, 3.63) is 98.0 Å². The lowest BCUT2D eigenvalue weighted by atomic mass is 10.2. The lowest BCUT2D eigenvalue weighted by Crippen LogP contribution is -2.26. The van der Waals surface area contributed by atoms with Crippen LogP contribution in [-0.2, 0) is 6.54 Å². The molecular weight excluding hydrogens is 374 g/mol. The van der Waals surface area contributed by atoms with Crippen LogP contribution in [0.5, 0.6) is 0 Å². The highest BCUT2D eigenvalue weighted by Crippen LogP contribution is 2.21. The third-order valence-corrected chi connectivity index (χ3v) is 3.75. The van der Waals surface area contributed by atoms with Crippen molar-refractivity contribution in [2.45, 2.75) is 6.54 Å². The van der Waals surface area contributed by atoms with Crippen LogP contribution in [0.3, 0.4) is 0 Å². The van der Waals surface area contributed by atoms with E-state index >= 15 is 0 Å². The fourth-order valence-corrected chi connectivity index (χ4v) is 2.37. The van der Waals surface area contributed by atoms with Crippen LogP contribution in [0.15, 0.2) is 59.4 Å². The van der Waals surface area contributed by atoms with E-state index in [1.807, 2.05) is 0 Å². The first-order valence-corrected chi connectivity index (χ1v) is 7.91. The first-order valence-electron chi connectivity index (χ1n) is 7.91. The van der Waals surface area contributed by atoms with Gasteiger partial charge in [0.1, 0.15) is 11.5 Å². The van der Waals surface area contributed by atoms with Crippen LogP contribution in [0.1, 0.15) is 16.1 Å². The van der Waals surface area contributed by atoms with E-state index in [4.69, 9.17) is 0 Å². The molecule has 0 fully saturated rings. The minimum atomic E-state index is -1.03. The Labute approximate surface area is 156 Å². The molecule has 2 aromatic carbocycles. The molecule has 0 aliphatic heterocycles. The van der Waals surface area contributed by atoms with Gasteiger partial charge in [-0.05, 0) is 35.9 Å². The van der Waals surface area contributed by atoms with Crippen molar-refractivity contribution in [2.24, 2.45) is 0 Å². The molecular formula is C18H12F2N4O4. The van der Waals surface area contributed by atoms with Gasteiger partial charge in [-0.1, -0.05) is 12.1 Å². The van der Waals surface area contributed by atoms with Crippen LogP contribution >= 0.6 is 0 Å². The third kappa shape index (κ3) is 4.23. The number of amides is 1. The number of hydrogen-bond donors (Lipinski definition) is 1. The molecule has 1 amide bonds. The average molecular weight is 386 g/mol. The van der Waals surface area contributed by atoms with Crippen LogP contribution in [0.25, 0.3) is 0 Å². The maximum atomic E-state index is 13.4. The zero-order valence-electron chi connectivity index (χ0n) is 14.1. The van der Waals surface area contributed by atoms with E-state index in [0.29, 0.717) is 5.56 Å². The predicted molar refractivity (Wildman–Crippen MR) is 95.0 cm³/mol.